The first-order valence-electron chi connectivity index (χ1n) is 8.95. The minimum Gasteiger partial charge on any atom is -0.496 e. The molecule has 134 valence electrons. The van der Waals surface area contributed by atoms with Crippen molar-refractivity contribution in [3.63, 3.8) is 0 Å². The second kappa shape index (κ2) is 6.88. The lowest BCUT2D eigenvalue weighted by atomic mass is 9.87. The molecule has 0 aromatic heterocycles. The van der Waals surface area contributed by atoms with Gasteiger partial charge in [0, 0.05) is 16.3 Å². The van der Waals surface area contributed by atoms with Crippen LogP contribution in [0.25, 0.3) is 26.4 Å². The maximum Gasteiger partial charge on any atom is 0.187 e. The molecule has 0 aliphatic carbocycles. The summed E-state index contributed by atoms with van der Waals surface area (Å²) >= 11 is 0. The molecule has 0 aliphatic rings. The van der Waals surface area contributed by atoms with Crippen molar-refractivity contribution in [2.45, 2.75) is 39.5 Å². The molecule has 3 aromatic carbocycles. The molecule has 0 atom stereocenters. The van der Waals surface area contributed by atoms with E-state index in [2.05, 4.69) is 50.7 Å². The lowest BCUT2D eigenvalue weighted by molar-refractivity contribution is 0.404. The smallest absolute Gasteiger partial charge is 0.187 e. The maximum atomic E-state index is 7.33. The highest BCUT2D eigenvalue weighted by Gasteiger charge is 2.21. The molecule has 3 heteroatoms. The number of fused-ring (bicyclic) bond motifs is 2. The van der Waals surface area contributed by atoms with Crippen molar-refractivity contribution in [1.82, 2.24) is 0 Å². The fourth-order valence-corrected chi connectivity index (χ4v) is 3.79. The molecule has 3 aromatic rings. The highest BCUT2D eigenvalue weighted by Crippen LogP contribution is 2.46. The Kier molecular flexibility index (Phi) is 4.78. The third kappa shape index (κ3) is 2.76. The van der Waals surface area contributed by atoms with E-state index < -0.39 is 0 Å². The minimum atomic E-state index is 0.309. The van der Waals surface area contributed by atoms with Crippen LogP contribution in [0.3, 0.4) is 0 Å². The summed E-state index contributed by atoms with van der Waals surface area (Å²) < 4.78 is 11.6. The zero-order valence-corrected chi connectivity index (χ0v) is 16.3. The van der Waals surface area contributed by atoms with Gasteiger partial charge < -0.3 is 9.47 Å². The molecular formula is C23H25NO2. The summed E-state index contributed by atoms with van der Waals surface area (Å²) in [6.07, 6.45) is 0. The third-order valence-electron chi connectivity index (χ3n) is 4.96. The number of hydrogen-bond donors (Lipinski definition) is 0. The van der Waals surface area contributed by atoms with Gasteiger partial charge in [0.15, 0.2) is 5.69 Å². The Morgan fingerprint density at radius 3 is 2.15 bits per heavy atom. The number of rotatable bonds is 4. The molecule has 26 heavy (non-hydrogen) atoms. The van der Waals surface area contributed by atoms with E-state index in [-0.39, 0.29) is 0 Å². The van der Waals surface area contributed by atoms with Gasteiger partial charge in [-0.2, -0.15) is 0 Å². The Hall–Kier alpha value is -2.73. The Labute approximate surface area is 155 Å². The maximum absolute atomic E-state index is 7.33. The lowest BCUT2D eigenvalue weighted by Crippen LogP contribution is -2.01. The molecule has 0 heterocycles. The van der Waals surface area contributed by atoms with E-state index in [0.717, 1.165) is 38.6 Å². The van der Waals surface area contributed by atoms with Crippen molar-refractivity contribution in [1.29, 1.82) is 0 Å². The summed E-state index contributed by atoms with van der Waals surface area (Å²) in [6, 6.07) is 10.1. The van der Waals surface area contributed by atoms with Gasteiger partial charge >= 0.3 is 0 Å². The van der Waals surface area contributed by atoms with E-state index in [9.17, 15) is 0 Å². The molecule has 0 unspecified atom stereocenters. The zero-order valence-electron chi connectivity index (χ0n) is 16.3. The Bertz CT molecular complexity index is 1030. The fraction of sp³-hybridized carbons (Fsp3) is 0.348. The van der Waals surface area contributed by atoms with Crippen LogP contribution in [0.1, 0.15) is 50.7 Å². The Morgan fingerprint density at radius 1 is 0.885 bits per heavy atom. The highest BCUT2D eigenvalue weighted by molar-refractivity contribution is 6.08. The van der Waals surface area contributed by atoms with Crippen LogP contribution in [0.2, 0.25) is 0 Å². The largest absolute Gasteiger partial charge is 0.496 e. The monoisotopic (exact) mass is 347 g/mol. The first-order chi connectivity index (χ1) is 12.4. The van der Waals surface area contributed by atoms with E-state index >= 15 is 0 Å². The zero-order chi connectivity index (χ0) is 19.0. The van der Waals surface area contributed by atoms with Crippen LogP contribution in [0.5, 0.6) is 11.5 Å². The Balaban J connectivity index is 2.61. The van der Waals surface area contributed by atoms with Crippen molar-refractivity contribution in [2.24, 2.45) is 0 Å². The number of methoxy groups -OCH3 is 2. The van der Waals surface area contributed by atoms with Crippen LogP contribution in [-0.2, 0) is 0 Å². The predicted octanol–water partition coefficient (Wildman–Crippen LogP) is 6.81. The van der Waals surface area contributed by atoms with Crippen LogP contribution < -0.4 is 9.47 Å². The van der Waals surface area contributed by atoms with Crippen LogP contribution in [0.15, 0.2) is 30.3 Å². The molecule has 0 saturated heterocycles. The van der Waals surface area contributed by atoms with Gasteiger partial charge in [-0.25, -0.2) is 4.85 Å². The quantitative estimate of drug-likeness (QED) is 0.382. The van der Waals surface area contributed by atoms with Crippen molar-refractivity contribution in [3.8, 4) is 11.5 Å². The second-order valence-electron chi connectivity index (χ2n) is 7.24. The molecule has 0 amide bonds. The summed E-state index contributed by atoms with van der Waals surface area (Å²) in [5.41, 5.74) is 3.02. The summed E-state index contributed by atoms with van der Waals surface area (Å²) in [5, 5.41) is 4.38. The summed E-state index contributed by atoms with van der Waals surface area (Å²) in [6.45, 7) is 16.0. The van der Waals surface area contributed by atoms with Gasteiger partial charge in [0.1, 0.15) is 11.5 Å². The van der Waals surface area contributed by atoms with Gasteiger partial charge in [0.05, 0.1) is 20.8 Å². The third-order valence-corrected chi connectivity index (χ3v) is 4.96. The van der Waals surface area contributed by atoms with Crippen molar-refractivity contribution in [2.75, 3.05) is 14.2 Å². The SMILES string of the molecule is [C-]#[N+]c1ccc2c(C(C)C)c3c(OC)cc(C(C)C)c(OC)c3cc2c1. The number of nitrogens with zero attached hydrogens (tertiary/aromatic N) is 1. The Morgan fingerprint density at radius 2 is 1.62 bits per heavy atom. The lowest BCUT2D eigenvalue weighted by Gasteiger charge is -2.22. The van der Waals surface area contributed by atoms with E-state index in [1.807, 2.05) is 12.1 Å². The molecule has 0 bridgehead atoms. The molecular weight excluding hydrogens is 322 g/mol. The standard InChI is InChI=1S/C23H25NO2/c1-13(2)18-12-20(25-6)22-19(23(18)26-7)11-15-10-16(24-5)8-9-17(15)21(22)14(3)4/h8-14H,1-4,6-7H3. The van der Waals surface area contributed by atoms with Gasteiger partial charge in [-0.3, -0.25) is 0 Å². The molecule has 3 nitrogen and oxygen atoms in total. The van der Waals surface area contributed by atoms with Crippen LogP contribution in [0.4, 0.5) is 5.69 Å². The molecule has 0 fully saturated rings. The van der Waals surface area contributed by atoms with Gasteiger partial charge in [0.25, 0.3) is 0 Å². The number of benzene rings is 3. The van der Waals surface area contributed by atoms with Gasteiger partial charge in [-0.05, 0) is 46.4 Å². The number of ether oxygens (including phenoxy) is 2. The topological polar surface area (TPSA) is 22.8 Å². The molecule has 3 rings (SSSR count). The average Bonchev–Trinajstić information content (AvgIpc) is 2.63. The molecule has 0 aliphatic heterocycles. The van der Waals surface area contributed by atoms with E-state index in [0.29, 0.717) is 17.5 Å². The summed E-state index contributed by atoms with van der Waals surface area (Å²) in [4.78, 5) is 3.59. The van der Waals surface area contributed by atoms with Crippen molar-refractivity contribution >= 4 is 27.2 Å². The molecule has 0 radical (unpaired) electrons. The highest BCUT2D eigenvalue weighted by atomic mass is 16.5. The summed E-state index contributed by atoms with van der Waals surface area (Å²) in [7, 11) is 3.45. The van der Waals surface area contributed by atoms with E-state index in [1.165, 1.54) is 5.56 Å². The van der Waals surface area contributed by atoms with Crippen LogP contribution in [0, 0.1) is 6.57 Å². The molecule has 0 N–H and O–H groups in total. The van der Waals surface area contributed by atoms with Crippen LogP contribution >= 0.6 is 0 Å². The van der Waals surface area contributed by atoms with Crippen molar-refractivity contribution in [3.05, 3.63) is 52.9 Å². The molecule has 0 saturated carbocycles. The van der Waals surface area contributed by atoms with Crippen LogP contribution in [-0.4, -0.2) is 14.2 Å². The average molecular weight is 347 g/mol. The second-order valence-corrected chi connectivity index (χ2v) is 7.24. The fourth-order valence-electron chi connectivity index (χ4n) is 3.79. The first kappa shape index (κ1) is 18.1. The van der Waals surface area contributed by atoms with Gasteiger partial charge in [-0.15, -0.1) is 0 Å². The van der Waals surface area contributed by atoms with E-state index in [4.69, 9.17) is 16.0 Å². The van der Waals surface area contributed by atoms with Gasteiger partial charge in [0.2, 0.25) is 0 Å². The minimum absolute atomic E-state index is 0.309. The first-order valence-corrected chi connectivity index (χ1v) is 8.95. The van der Waals surface area contributed by atoms with Crippen molar-refractivity contribution < 1.29 is 9.47 Å². The molecule has 0 spiro atoms. The van der Waals surface area contributed by atoms with E-state index in [1.54, 1.807) is 14.2 Å². The summed E-state index contributed by atoms with van der Waals surface area (Å²) in [5.74, 6) is 2.40. The van der Waals surface area contributed by atoms with Gasteiger partial charge in [-0.1, -0.05) is 39.8 Å². The normalized spacial score (nSPS) is 11.3. The predicted molar refractivity (Wildman–Crippen MR) is 109 cm³/mol. The number of hydrogen-bond acceptors (Lipinski definition) is 2.